The molecule has 0 radical (unpaired) electrons. The summed E-state index contributed by atoms with van der Waals surface area (Å²) in [6.07, 6.45) is 1.61. The van der Waals surface area contributed by atoms with Crippen LogP contribution in [0.4, 0.5) is 0 Å². The number of hydrogen-bond acceptors (Lipinski definition) is 2. The summed E-state index contributed by atoms with van der Waals surface area (Å²) in [4.78, 5) is 2.71. The molecule has 0 aliphatic carbocycles. The summed E-state index contributed by atoms with van der Waals surface area (Å²) in [5.41, 5.74) is 0.798. The van der Waals surface area contributed by atoms with Gasteiger partial charge in [0.15, 0.2) is 9.84 Å². The Hall–Kier alpha value is -1.55. The van der Waals surface area contributed by atoms with Crippen molar-refractivity contribution in [1.29, 1.82) is 0 Å². The van der Waals surface area contributed by atoms with Crippen LogP contribution in [-0.4, -0.2) is 13.4 Å². The van der Waals surface area contributed by atoms with Crippen LogP contribution in [0.15, 0.2) is 53.7 Å². The number of aromatic amines is 1. The van der Waals surface area contributed by atoms with Gasteiger partial charge in [0.25, 0.3) is 0 Å². The molecule has 3 nitrogen and oxygen atoms in total. The molecule has 1 N–H and O–H groups in total. The maximum absolute atomic E-state index is 11.8. The lowest BCUT2D eigenvalue weighted by Gasteiger charge is -2.01. The lowest BCUT2D eigenvalue weighted by molar-refractivity contribution is 0.592. The van der Waals surface area contributed by atoms with Crippen molar-refractivity contribution < 1.29 is 8.42 Å². The molecular weight excluding hydrogens is 210 g/mol. The Balaban J connectivity index is 2.27. The van der Waals surface area contributed by atoms with E-state index in [0.717, 1.165) is 5.56 Å². The highest BCUT2D eigenvalue weighted by Crippen LogP contribution is 2.13. The Morgan fingerprint density at radius 1 is 1.00 bits per heavy atom. The van der Waals surface area contributed by atoms with Gasteiger partial charge in [-0.2, -0.15) is 0 Å². The molecule has 0 spiro atoms. The first-order valence-corrected chi connectivity index (χ1v) is 6.24. The van der Waals surface area contributed by atoms with Gasteiger partial charge in [0.05, 0.1) is 5.75 Å². The molecule has 0 atom stereocenters. The maximum Gasteiger partial charge on any atom is 0.197 e. The van der Waals surface area contributed by atoms with Gasteiger partial charge in [-0.25, -0.2) is 8.42 Å². The highest BCUT2D eigenvalue weighted by Gasteiger charge is 2.15. The van der Waals surface area contributed by atoms with Crippen LogP contribution in [0, 0.1) is 0 Å². The fourth-order valence-corrected chi connectivity index (χ4v) is 2.70. The molecule has 0 fully saturated rings. The van der Waals surface area contributed by atoms with E-state index >= 15 is 0 Å². The van der Waals surface area contributed by atoms with Crippen molar-refractivity contribution in [3.8, 4) is 0 Å². The molecule has 0 saturated heterocycles. The summed E-state index contributed by atoms with van der Waals surface area (Å²) in [6, 6.07) is 12.4. The summed E-state index contributed by atoms with van der Waals surface area (Å²) >= 11 is 0. The van der Waals surface area contributed by atoms with Gasteiger partial charge in [-0.1, -0.05) is 30.3 Å². The summed E-state index contributed by atoms with van der Waals surface area (Å²) in [5, 5.41) is 0.270. The van der Waals surface area contributed by atoms with E-state index in [9.17, 15) is 8.42 Å². The molecule has 0 aliphatic heterocycles. The van der Waals surface area contributed by atoms with Gasteiger partial charge in [0.2, 0.25) is 0 Å². The minimum Gasteiger partial charge on any atom is -0.352 e. The quantitative estimate of drug-likeness (QED) is 0.861. The third-order valence-corrected chi connectivity index (χ3v) is 3.74. The highest BCUT2D eigenvalue weighted by atomic mass is 32.2. The molecule has 2 rings (SSSR count). The van der Waals surface area contributed by atoms with Gasteiger partial charge in [-0.3, -0.25) is 0 Å². The van der Waals surface area contributed by atoms with Gasteiger partial charge in [0, 0.05) is 6.20 Å². The number of rotatable bonds is 3. The van der Waals surface area contributed by atoms with E-state index in [0.29, 0.717) is 0 Å². The Kier molecular flexibility index (Phi) is 2.60. The van der Waals surface area contributed by atoms with E-state index in [1.54, 1.807) is 30.5 Å². The van der Waals surface area contributed by atoms with Gasteiger partial charge in [0.1, 0.15) is 5.03 Å². The molecule has 1 aromatic heterocycles. The first kappa shape index (κ1) is 9.98. The van der Waals surface area contributed by atoms with E-state index in [2.05, 4.69) is 4.98 Å². The minimum absolute atomic E-state index is 0.0361. The zero-order chi connectivity index (χ0) is 10.7. The monoisotopic (exact) mass is 221 g/mol. The molecule has 2 aromatic rings. The van der Waals surface area contributed by atoms with Crippen LogP contribution in [0.1, 0.15) is 5.56 Å². The van der Waals surface area contributed by atoms with Crippen molar-refractivity contribution in [1.82, 2.24) is 4.98 Å². The second-order valence-electron chi connectivity index (χ2n) is 3.28. The predicted molar refractivity (Wildman–Crippen MR) is 58.1 cm³/mol. The third-order valence-electron chi connectivity index (χ3n) is 2.10. The van der Waals surface area contributed by atoms with Crippen molar-refractivity contribution in [3.05, 3.63) is 54.2 Å². The Bertz CT molecular complexity index is 515. The zero-order valence-corrected chi connectivity index (χ0v) is 8.87. The number of hydrogen-bond donors (Lipinski definition) is 1. The van der Waals surface area contributed by atoms with E-state index < -0.39 is 9.84 Å². The number of benzene rings is 1. The summed E-state index contributed by atoms with van der Waals surface area (Å²) in [7, 11) is -3.23. The lowest BCUT2D eigenvalue weighted by atomic mass is 10.2. The number of nitrogens with one attached hydrogen (secondary N) is 1. The average molecular weight is 221 g/mol. The van der Waals surface area contributed by atoms with E-state index in [4.69, 9.17) is 0 Å². The normalized spacial score (nSPS) is 11.5. The first-order chi connectivity index (χ1) is 7.18. The topological polar surface area (TPSA) is 49.9 Å². The second kappa shape index (κ2) is 3.90. The van der Waals surface area contributed by atoms with Crippen LogP contribution >= 0.6 is 0 Å². The smallest absolute Gasteiger partial charge is 0.197 e. The Morgan fingerprint density at radius 2 is 1.73 bits per heavy atom. The van der Waals surface area contributed by atoms with Crippen LogP contribution < -0.4 is 0 Å². The summed E-state index contributed by atoms with van der Waals surface area (Å²) in [5.74, 6) is 0.0361. The van der Waals surface area contributed by atoms with Gasteiger partial charge in [-0.05, 0) is 17.7 Å². The SMILES string of the molecule is O=S(=O)(Cc1ccccc1)c1ccc[nH]1. The molecule has 0 bridgehead atoms. The number of aromatic nitrogens is 1. The molecule has 78 valence electrons. The number of sulfone groups is 1. The first-order valence-electron chi connectivity index (χ1n) is 4.58. The van der Waals surface area contributed by atoms with Gasteiger partial charge in [-0.15, -0.1) is 0 Å². The van der Waals surface area contributed by atoms with Crippen LogP contribution in [0.25, 0.3) is 0 Å². The maximum atomic E-state index is 11.8. The van der Waals surface area contributed by atoms with Gasteiger partial charge >= 0.3 is 0 Å². The second-order valence-corrected chi connectivity index (χ2v) is 5.24. The molecule has 1 aromatic carbocycles. The Labute approximate surface area is 88.7 Å². The van der Waals surface area contributed by atoms with Crippen LogP contribution in [0.3, 0.4) is 0 Å². The van der Waals surface area contributed by atoms with Crippen LogP contribution in [0.5, 0.6) is 0 Å². The number of H-pyrrole nitrogens is 1. The van der Waals surface area contributed by atoms with E-state index in [1.807, 2.05) is 18.2 Å². The van der Waals surface area contributed by atoms with Crippen LogP contribution in [0.2, 0.25) is 0 Å². The van der Waals surface area contributed by atoms with Crippen molar-refractivity contribution in [2.75, 3.05) is 0 Å². The molecule has 0 saturated carbocycles. The van der Waals surface area contributed by atoms with Gasteiger partial charge < -0.3 is 4.98 Å². The molecule has 0 aliphatic rings. The zero-order valence-electron chi connectivity index (χ0n) is 8.05. The van der Waals surface area contributed by atoms with E-state index in [1.165, 1.54) is 0 Å². The van der Waals surface area contributed by atoms with Crippen molar-refractivity contribution in [2.24, 2.45) is 0 Å². The molecule has 0 amide bonds. The minimum atomic E-state index is -3.23. The van der Waals surface area contributed by atoms with Crippen LogP contribution in [-0.2, 0) is 15.6 Å². The molecular formula is C11H11NO2S. The third kappa shape index (κ3) is 2.27. The van der Waals surface area contributed by atoms with Crippen molar-refractivity contribution >= 4 is 9.84 Å². The van der Waals surface area contributed by atoms with E-state index in [-0.39, 0.29) is 10.8 Å². The fourth-order valence-electron chi connectivity index (χ4n) is 1.38. The molecule has 0 unspecified atom stereocenters. The average Bonchev–Trinajstić information content (AvgIpc) is 2.71. The summed E-state index contributed by atoms with van der Waals surface area (Å²) in [6.45, 7) is 0. The van der Waals surface area contributed by atoms with Crippen molar-refractivity contribution in [3.63, 3.8) is 0 Å². The summed E-state index contributed by atoms with van der Waals surface area (Å²) < 4.78 is 23.7. The molecule has 4 heteroatoms. The Morgan fingerprint density at radius 3 is 2.33 bits per heavy atom. The highest BCUT2D eigenvalue weighted by molar-refractivity contribution is 7.90. The molecule has 15 heavy (non-hydrogen) atoms. The largest absolute Gasteiger partial charge is 0.352 e. The predicted octanol–water partition coefficient (Wildman–Crippen LogP) is 1.99. The lowest BCUT2D eigenvalue weighted by Crippen LogP contribution is -2.04. The van der Waals surface area contributed by atoms with Crippen molar-refractivity contribution in [2.45, 2.75) is 10.8 Å². The molecule has 1 heterocycles. The standard InChI is InChI=1S/C11H11NO2S/c13-15(14,11-7-4-8-12-11)9-10-5-2-1-3-6-10/h1-8,12H,9H2. The fraction of sp³-hybridized carbons (Fsp3) is 0.0909.